The summed E-state index contributed by atoms with van der Waals surface area (Å²) in [5.74, 6) is 0.432. The predicted octanol–water partition coefficient (Wildman–Crippen LogP) is 4.15. The fraction of sp³-hybridized carbons (Fsp3) is 0.462. The second-order valence-electron chi connectivity index (χ2n) is 9.17. The maximum Gasteiger partial charge on any atom is 0.261 e. The number of nitrogens with one attached hydrogen (secondary N) is 1. The van der Waals surface area contributed by atoms with Gasteiger partial charge < -0.3 is 15.0 Å². The monoisotopic (exact) mass is 436 g/mol. The second kappa shape index (κ2) is 8.57. The zero-order valence-corrected chi connectivity index (χ0v) is 18.4. The average Bonchev–Trinajstić information content (AvgIpc) is 3.70. The first-order valence-electron chi connectivity index (χ1n) is 11.7. The molecule has 2 aliphatic carbocycles. The molecule has 2 aromatic rings. The summed E-state index contributed by atoms with van der Waals surface area (Å²) in [7, 11) is 0. The third-order valence-electron chi connectivity index (χ3n) is 6.59. The Labute approximate surface area is 187 Å². The van der Waals surface area contributed by atoms with Gasteiger partial charge >= 0.3 is 0 Å². The Morgan fingerprint density at radius 1 is 1.16 bits per heavy atom. The highest BCUT2D eigenvalue weighted by atomic mass is 19.1. The van der Waals surface area contributed by atoms with E-state index < -0.39 is 6.10 Å². The van der Waals surface area contributed by atoms with Gasteiger partial charge in [-0.1, -0.05) is 25.1 Å². The Morgan fingerprint density at radius 3 is 2.66 bits per heavy atom. The van der Waals surface area contributed by atoms with Crippen molar-refractivity contribution in [1.29, 1.82) is 0 Å². The van der Waals surface area contributed by atoms with Crippen LogP contribution in [-0.4, -0.2) is 35.4 Å². The van der Waals surface area contributed by atoms with E-state index in [1.807, 2.05) is 36.1 Å². The summed E-state index contributed by atoms with van der Waals surface area (Å²) in [5, 5.41) is 3.01. The van der Waals surface area contributed by atoms with Gasteiger partial charge in [0.05, 0.1) is 6.04 Å². The molecule has 1 aliphatic heterocycles. The number of hydrogen-bond donors (Lipinski definition) is 1. The number of fused-ring (bicyclic) bond motifs is 1. The molecule has 0 bridgehead atoms. The number of carbonyl (C=O) groups excluding carboxylic acids is 2. The fourth-order valence-electron chi connectivity index (χ4n) is 4.51. The number of amides is 2. The highest BCUT2D eigenvalue weighted by Crippen LogP contribution is 2.41. The molecule has 1 N–H and O–H groups in total. The summed E-state index contributed by atoms with van der Waals surface area (Å²) < 4.78 is 20.2. The zero-order valence-electron chi connectivity index (χ0n) is 18.4. The van der Waals surface area contributed by atoms with E-state index in [0.717, 1.165) is 48.8 Å². The Hall–Kier alpha value is -2.89. The van der Waals surface area contributed by atoms with E-state index in [1.165, 1.54) is 12.1 Å². The molecular formula is C26H29FN2O3. The van der Waals surface area contributed by atoms with Crippen molar-refractivity contribution in [2.45, 2.75) is 63.6 Å². The number of ether oxygens (including phenoxy) is 1. The predicted molar refractivity (Wildman–Crippen MR) is 119 cm³/mol. The van der Waals surface area contributed by atoms with Gasteiger partial charge in [0.15, 0.2) is 6.10 Å². The SMILES string of the molecule is CC[C@H](Oc1ccc2c(c1)[C@@H](c1cccc(F)c1)N(C(=O)C1CC1)CC2)C(=O)NC1CC1. The van der Waals surface area contributed by atoms with E-state index >= 15 is 0 Å². The van der Waals surface area contributed by atoms with Gasteiger partial charge in [0.1, 0.15) is 11.6 Å². The molecule has 32 heavy (non-hydrogen) atoms. The lowest BCUT2D eigenvalue weighted by Crippen LogP contribution is -2.41. The van der Waals surface area contributed by atoms with Crippen molar-refractivity contribution in [2.75, 3.05) is 6.54 Å². The van der Waals surface area contributed by atoms with Gasteiger partial charge in [-0.15, -0.1) is 0 Å². The lowest BCUT2D eigenvalue weighted by atomic mass is 9.87. The molecule has 168 valence electrons. The van der Waals surface area contributed by atoms with Gasteiger partial charge in [0.2, 0.25) is 5.91 Å². The Bertz CT molecular complexity index is 1030. The van der Waals surface area contributed by atoms with Gasteiger partial charge in [-0.05, 0) is 79.5 Å². The van der Waals surface area contributed by atoms with Crippen molar-refractivity contribution in [3.05, 3.63) is 65.0 Å². The standard InChI is InChI=1S/C26H29FN2O3/c1-2-23(25(30)28-20-9-10-20)32-21-11-8-16-12-13-29(26(31)17-6-7-17)24(22(16)15-21)18-4-3-5-19(27)14-18/h3-5,8,11,14-15,17,20,23-24H,2,6-7,9-10,12-13H2,1H3,(H,28,30)/t23-,24+/m0/s1. The molecule has 2 saturated carbocycles. The summed E-state index contributed by atoms with van der Waals surface area (Å²) in [4.78, 5) is 27.5. The summed E-state index contributed by atoms with van der Waals surface area (Å²) in [6, 6.07) is 12.3. The van der Waals surface area contributed by atoms with Gasteiger partial charge in [0.25, 0.3) is 5.91 Å². The van der Waals surface area contributed by atoms with Crippen LogP contribution in [-0.2, 0) is 16.0 Å². The average molecular weight is 437 g/mol. The molecule has 0 unspecified atom stereocenters. The highest BCUT2D eigenvalue weighted by Gasteiger charge is 2.40. The Balaban J connectivity index is 1.47. The van der Waals surface area contributed by atoms with Crippen molar-refractivity contribution in [3.63, 3.8) is 0 Å². The third-order valence-corrected chi connectivity index (χ3v) is 6.59. The van der Waals surface area contributed by atoms with Crippen LogP contribution in [0.2, 0.25) is 0 Å². The molecule has 1 heterocycles. The van der Waals surface area contributed by atoms with Crippen molar-refractivity contribution < 1.29 is 18.7 Å². The lowest BCUT2D eigenvalue weighted by Gasteiger charge is -2.38. The van der Waals surface area contributed by atoms with Crippen LogP contribution < -0.4 is 10.1 Å². The first kappa shape index (κ1) is 21.0. The molecule has 0 saturated heterocycles. The first-order valence-corrected chi connectivity index (χ1v) is 11.7. The quantitative estimate of drug-likeness (QED) is 0.710. The smallest absolute Gasteiger partial charge is 0.261 e. The normalized spacial score (nSPS) is 20.9. The van der Waals surface area contributed by atoms with Crippen molar-refractivity contribution >= 4 is 11.8 Å². The number of benzene rings is 2. The molecule has 2 atom stereocenters. The molecule has 6 heteroatoms. The molecule has 2 aromatic carbocycles. The van der Waals surface area contributed by atoms with E-state index in [1.54, 1.807) is 6.07 Å². The molecule has 2 amide bonds. The molecular weight excluding hydrogens is 407 g/mol. The van der Waals surface area contributed by atoms with Crippen LogP contribution in [0.15, 0.2) is 42.5 Å². The topological polar surface area (TPSA) is 58.6 Å². The van der Waals surface area contributed by atoms with Crippen LogP contribution in [0.5, 0.6) is 5.75 Å². The van der Waals surface area contributed by atoms with Crippen LogP contribution in [0.25, 0.3) is 0 Å². The minimum atomic E-state index is -0.561. The van der Waals surface area contributed by atoms with Crippen LogP contribution in [0.3, 0.4) is 0 Å². The van der Waals surface area contributed by atoms with Crippen molar-refractivity contribution in [1.82, 2.24) is 10.2 Å². The minimum absolute atomic E-state index is 0.0834. The Morgan fingerprint density at radius 2 is 1.97 bits per heavy atom. The zero-order chi connectivity index (χ0) is 22.2. The van der Waals surface area contributed by atoms with Crippen molar-refractivity contribution in [3.8, 4) is 5.75 Å². The van der Waals surface area contributed by atoms with E-state index in [9.17, 15) is 14.0 Å². The van der Waals surface area contributed by atoms with Crippen LogP contribution in [0, 0.1) is 11.7 Å². The molecule has 2 fully saturated rings. The van der Waals surface area contributed by atoms with E-state index in [2.05, 4.69) is 5.32 Å². The minimum Gasteiger partial charge on any atom is -0.481 e. The lowest BCUT2D eigenvalue weighted by molar-refractivity contribution is -0.134. The summed E-state index contributed by atoms with van der Waals surface area (Å²) in [6.45, 7) is 2.55. The van der Waals surface area contributed by atoms with Gasteiger partial charge in [0, 0.05) is 18.5 Å². The molecule has 0 spiro atoms. The first-order chi connectivity index (χ1) is 15.5. The molecule has 0 aromatic heterocycles. The molecule has 3 aliphatic rings. The molecule has 5 rings (SSSR count). The summed E-state index contributed by atoms with van der Waals surface area (Å²) in [5.41, 5.74) is 2.84. The number of halogens is 1. The van der Waals surface area contributed by atoms with E-state index in [0.29, 0.717) is 18.7 Å². The van der Waals surface area contributed by atoms with Crippen LogP contribution >= 0.6 is 0 Å². The van der Waals surface area contributed by atoms with Crippen molar-refractivity contribution in [2.24, 2.45) is 5.92 Å². The summed E-state index contributed by atoms with van der Waals surface area (Å²) in [6.07, 6.45) is 4.66. The number of hydrogen-bond acceptors (Lipinski definition) is 3. The largest absolute Gasteiger partial charge is 0.481 e. The Kier molecular flexibility index (Phi) is 5.62. The maximum absolute atomic E-state index is 14.1. The maximum atomic E-state index is 14.1. The van der Waals surface area contributed by atoms with Crippen LogP contribution in [0.4, 0.5) is 4.39 Å². The molecule has 5 nitrogen and oxygen atoms in total. The van der Waals surface area contributed by atoms with E-state index in [4.69, 9.17) is 4.74 Å². The fourth-order valence-corrected chi connectivity index (χ4v) is 4.51. The number of carbonyl (C=O) groups is 2. The van der Waals surface area contributed by atoms with Gasteiger partial charge in [-0.25, -0.2) is 4.39 Å². The number of nitrogens with zero attached hydrogens (tertiary/aromatic N) is 1. The van der Waals surface area contributed by atoms with Gasteiger partial charge in [-0.3, -0.25) is 9.59 Å². The molecule has 0 radical (unpaired) electrons. The second-order valence-corrected chi connectivity index (χ2v) is 9.17. The third kappa shape index (κ3) is 4.36. The van der Waals surface area contributed by atoms with Crippen LogP contribution in [0.1, 0.15) is 61.8 Å². The summed E-state index contributed by atoms with van der Waals surface area (Å²) >= 11 is 0. The van der Waals surface area contributed by atoms with Gasteiger partial charge in [-0.2, -0.15) is 0 Å². The number of rotatable bonds is 7. The van der Waals surface area contributed by atoms with E-state index in [-0.39, 0.29) is 35.6 Å². The highest BCUT2D eigenvalue weighted by molar-refractivity contribution is 5.83.